The highest BCUT2D eigenvalue weighted by molar-refractivity contribution is 7.22. The molecule has 10 heteroatoms. The Bertz CT molecular complexity index is 1550. The molecule has 0 N–H and O–H groups in total. The van der Waals surface area contributed by atoms with E-state index in [0.29, 0.717) is 41.2 Å². The Balaban J connectivity index is 1.26. The smallest absolute Gasteiger partial charge is 0.265 e. The van der Waals surface area contributed by atoms with E-state index in [1.54, 1.807) is 35.4 Å². The van der Waals surface area contributed by atoms with E-state index in [2.05, 4.69) is 59.5 Å². The van der Waals surface area contributed by atoms with Crippen LogP contribution in [0.4, 0.5) is 5.69 Å². The number of likely N-dealkylation sites (N-methyl/N-ethyl adjacent to an activating group) is 1. The second kappa shape index (κ2) is 12.0. The predicted molar refractivity (Wildman–Crippen MR) is 164 cm³/mol. The average molecular weight is 611 g/mol. The highest BCUT2D eigenvalue weighted by Crippen LogP contribution is 2.39. The Morgan fingerprint density at radius 1 is 1.02 bits per heavy atom. The van der Waals surface area contributed by atoms with Crippen molar-refractivity contribution in [2.24, 2.45) is 0 Å². The van der Waals surface area contributed by atoms with Crippen molar-refractivity contribution >= 4 is 62.1 Å². The van der Waals surface area contributed by atoms with Gasteiger partial charge in [0.1, 0.15) is 12.3 Å². The van der Waals surface area contributed by atoms with Gasteiger partial charge in [-0.1, -0.05) is 65.7 Å². The third-order valence-electron chi connectivity index (χ3n) is 7.64. The molecule has 6 rings (SSSR count). The molecule has 0 radical (unpaired) electrons. The van der Waals surface area contributed by atoms with Gasteiger partial charge in [0.15, 0.2) is 6.61 Å². The largest absolute Gasteiger partial charge is 0.482 e. The lowest BCUT2D eigenvalue weighted by molar-refractivity contribution is -0.133. The Hall–Kier alpha value is -3.14. The number of anilines is 1. The summed E-state index contributed by atoms with van der Waals surface area (Å²) < 4.78 is 12.4. The summed E-state index contributed by atoms with van der Waals surface area (Å²) in [5.41, 5.74) is 2.61. The summed E-state index contributed by atoms with van der Waals surface area (Å²) in [6, 6.07) is 22.0. The Kier molecular flexibility index (Phi) is 8.19. The lowest BCUT2D eigenvalue weighted by atomic mass is 10.0. The fraction of sp³-hybridized carbons (Fsp3) is 0.290. The summed E-state index contributed by atoms with van der Waals surface area (Å²) in [6.45, 7) is 3.28. The summed E-state index contributed by atoms with van der Waals surface area (Å²) >= 11 is 14.2. The number of fused-ring (bicyclic) bond motifs is 2. The van der Waals surface area contributed by atoms with Gasteiger partial charge < -0.3 is 14.4 Å². The fourth-order valence-electron chi connectivity index (χ4n) is 5.26. The summed E-state index contributed by atoms with van der Waals surface area (Å²) in [5, 5.41) is 1.85. The topological polar surface area (TPSA) is 62.3 Å². The van der Waals surface area contributed by atoms with E-state index in [4.69, 9.17) is 32.7 Å². The molecule has 7 nitrogen and oxygen atoms in total. The number of hydrogen-bond donors (Lipinski definition) is 0. The zero-order valence-electron chi connectivity index (χ0n) is 22.5. The van der Waals surface area contributed by atoms with Crippen molar-refractivity contribution in [2.75, 3.05) is 57.9 Å². The zero-order valence-corrected chi connectivity index (χ0v) is 24.8. The van der Waals surface area contributed by atoms with Gasteiger partial charge in [0.2, 0.25) is 5.91 Å². The van der Waals surface area contributed by atoms with Crippen LogP contribution >= 0.6 is 34.5 Å². The van der Waals surface area contributed by atoms with Gasteiger partial charge in [-0.3, -0.25) is 19.4 Å². The number of ether oxygens (including phenoxy) is 2. The van der Waals surface area contributed by atoms with Crippen molar-refractivity contribution in [2.45, 2.75) is 6.04 Å². The van der Waals surface area contributed by atoms with E-state index in [1.807, 2.05) is 0 Å². The molecule has 1 fully saturated rings. The lowest BCUT2D eigenvalue weighted by Gasteiger charge is -2.37. The van der Waals surface area contributed by atoms with Crippen LogP contribution in [-0.2, 0) is 14.3 Å². The first-order chi connectivity index (χ1) is 19.9. The molecule has 1 saturated heterocycles. The second-order valence-corrected chi connectivity index (χ2v) is 12.1. The molecule has 2 aliphatic heterocycles. The minimum absolute atomic E-state index is 0.136. The van der Waals surface area contributed by atoms with Crippen LogP contribution in [0.3, 0.4) is 0 Å². The number of benzene rings is 3. The molecule has 2 aliphatic rings. The second-order valence-electron chi connectivity index (χ2n) is 10.2. The van der Waals surface area contributed by atoms with Gasteiger partial charge in [-0.2, -0.15) is 0 Å². The van der Waals surface area contributed by atoms with Crippen LogP contribution in [0.15, 0.2) is 66.7 Å². The molecule has 0 aliphatic carbocycles. The number of nitrogens with zero attached hydrogens (tertiary/aromatic N) is 3. The van der Waals surface area contributed by atoms with Crippen LogP contribution in [0.25, 0.3) is 20.5 Å². The maximum atomic E-state index is 13.8. The van der Waals surface area contributed by atoms with Gasteiger partial charge in [0.25, 0.3) is 5.91 Å². The number of morpholine rings is 1. The van der Waals surface area contributed by atoms with E-state index < -0.39 is 0 Å². The van der Waals surface area contributed by atoms with Gasteiger partial charge in [0.05, 0.1) is 35.0 Å². The minimum Gasteiger partial charge on any atom is -0.482 e. The number of carbonyl (C=O) groups is 2. The van der Waals surface area contributed by atoms with Crippen molar-refractivity contribution in [3.05, 3.63) is 82.3 Å². The van der Waals surface area contributed by atoms with Gasteiger partial charge in [-0.05, 0) is 34.7 Å². The first-order valence-electron chi connectivity index (χ1n) is 13.4. The minimum atomic E-state index is -0.310. The maximum Gasteiger partial charge on any atom is 0.265 e. The zero-order chi connectivity index (χ0) is 28.5. The van der Waals surface area contributed by atoms with Crippen molar-refractivity contribution in [3.63, 3.8) is 0 Å². The standard InChI is InChI=1S/C31H29Cl2N3O4S/c1-34(30(37)18-36-25-15-23(32)24(33)16-27(25)40-19-31(36)38)26(17-35-10-12-39-13-11-35)20-6-8-21(9-7-20)29-14-22-4-2-3-5-28(22)41-29/h2-9,14-16,26H,10-13,17-19H2,1H3. The molecule has 41 heavy (non-hydrogen) atoms. The number of carbonyl (C=O) groups excluding carboxylic acids is 2. The number of amides is 2. The molecule has 4 aromatic rings. The molecular formula is C31H29Cl2N3O4S. The van der Waals surface area contributed by atoms with Crippen LogP contribution in [-0.4, -0.2) is 74.7 Å². The average Bonchev–Trinajstić information content (AvgIpc) is 3.43. The number of rotatable bonds is 7. The van der Waals surface area contributed by atoms with Gasteiger partial charge >= 0.3 is 0 Å². The third kappa shape index (κ3) is 5.94. The van der Waals surface area contributed by atoms with Gasteiger partial charge in [-0.25, -0.2) is 0 Å². The van der Waals surface area contributed by atoms with E-state index >= 15 is 0 Å². The molecule has 3 aromatic carbocycles. The lowest BCUT2D eigenvalue weighted by Crippen LogP contribution is -2.48. The van der Waals surface area contributed by atoms with Crippen LogP contribution in [0.2, 0.25) is 10.0 Å². The summed E-state index contributed by atoms with van der Waals surface area (Å²) in [6.07, 6.45) is 0. The summed E-state index contributed by atoms with van der Waals surface area (Å²) in [7, 11) is 1.80. The highest BCUT2D eigenvalue weighted by Gasteiger charge is 2.32. The first kappa shape index (κ1) is 28.0. The molecular weight excluding hydrogens is 581 g/mol. The van der Waals surface area contributed by atoms with Crippen LogP contribution in [0, 0.1) is 0 Å². The van der Waals surface area contributed by atoms with Crippen LogP contribution in [0.1, 0.15) is 11.6 Å². The van der Waals surface area contributed by atoms with E-state index in [0.717, 1.165) is 24.2 Å². The Labute approximate surface area is 252 Å². The van der Waals surface area contributed by atoms with Crippen molar-refractivity contribution in [1.82, 2.24) is 9.80 Å². The van der Waals surface area contributed by atoms with Crippen LogP contribution < -0.4 is 9.64 Å². The summed E-state index contributed by atoms with van der Waals surface area (Å²) in [4.78, 5) is 33.3. The Morgan fingerprint density at radius 2 is 1.76 bits per heavy atom. The quantitative estimate of drug-likeness (QED) is 0.252. The van der Waals surface area contributed by atoms with E-state index in [1.165, 1.54) is 19.9 Å². The first-order valence-corrected chi connectivity index (χ1v) is 15.0. The molecule has 2 amide bonds. The number of halogens is 2. The molecule has 1 atom stereocenters. The monoisotopic (exact) mass is 609 g/mol. The van der Waals surface area contributed by atoms with Crippen molar-refractivity contribution in [3.8, 4) is 16.2 Å². The van der Waals surface area contributed by atoms with Crippen molar-refractivity contribution < 1.29 is 19.1 Å². The van der Waals surface area contributed by atoms with Gasteiger partial charge in [0, 0.05) is 42.3 Å². The molecule has 212 valence electrons. The SMILES string of the molecule is CN(C(=O)CN1C(=O)COc2cc(Cl)c(Cl)cc21)C(CN1CCOCC1)c1ccc(-c2cc3ccccc3s2)cc1. The van der Waals surface area contributed by atoms with Crippen LogP contribution in [0.5, 0.6) is 5.75 Å². The predicted octanol–water partition coefficient (Wildman–Crippen LogP) is 6.13. The summed E-state index contributed by atoms with van der Waals surface area (Å²) in [5.74, 6) is -0.0738. The van der Waals surface area contributed by atoms with Crippen molar-refractivity contribution in [1.29, 1.82) is 0 Å². The van der Waals surface area contributed by atoms with Gasteiger partial charge in [-0.15, -0.1) is 11.3 Å². The molecule has 1 aromatic heterocycles. The number of thiophene rings is 1. The third-order valence-corrected chi connectivity index (χ3v) is 9.53. The maximum absolute atomic E-state index is 13.8. The molecule has 0 saturated carbocycles. The molecule has 0 spiro atoms. The van der Waals surface area contributed by atoms with E-state index in [-0.39, 0.29) is 31.0 Å². The number of hydrogen-bond acceptors (Lipinski definition) is 6. The molecule has 1 unspecified atom stereocenters. The molecule has 3 heterocycles. The molecule has 0 bridgehead atoms. The fourth-order valence-corrected chi connectivity index (χ4v) is 6.64. The normalized spacial score (nSPS) is 16.4. The highest BCUT2D eigenvalue weighted by atomic mass is 35.5. The Morgan fingerprint density at radius 3 is 2.51 bits per heavy atom. The van der Waals surface area contributed by atoms with E-state index in [9.17, 15) is 9.59 Å².